The van der Waals surface area contributed by atoms with E-state index in [2.05, 4.69) is 333 Å². The molecule has 0 N–H and O–H groups in total. The van der Waals surface area contributed by atoms with E-state index < -0.39 is 0 Å². The van der Waals surface area contributed by atoms with Gasteiger partial charge in [-0.05, 0) is 163 Å². The van der Waals surface area contributed by atoms with Crippen molar-refractivity contribution in [2.24, 2.45) is 0 Å². The van der Waals surface area contributed by atoms with Gasteiger partial charge in [-0.25, -0.2) is 9.97 Å². The second kappa shape index (κ2) is 21.6. The van der Waals surface area contributed by atoms with Gasteiger partial charge in [-0.2, -0.15) is 0 Å². The number of hydrogen-bond acceptors (Lipinski definition) is 2. The molecule has 0 bridgehead atoms. The molecule has 4 heterocycles. The van der Waals surface area contributed by atoms with E-state index in [1.807, 2.05) is 6.07 Å². The van der Waals surface area contributed by atoms with Crippen molar-refractivity contribution in [1.82, 2.24) is 23.7 Å². The highest BCUT2D eigenvalue weighted by atomic mass is 15.0. The number of benzene rings is 13. The summed E-state index contributed by atoms with van der Waals surface area (Å²) >= 11 is 0. The molecule has 0 fully saturated rings. The normalized spacial score (nSPS) is 11.7. The van der Waals surface area contributed by atoms with Crippen molar-refractivity contribution in [3.63, 3.8) is 0 Å². The van der Waals surface area contributed by atoms with Crippen molar-refractivity contribution in [3.05, 3.63) is 320 Å². The fourth-order valence-electron chi connectivity index (χ4n) is 14.4. The van der Waals surface area contributed by atoms with E-state index in [9.17, 15) is 0 Å². The first kappa shape index (κ1) is 53.6. The molecule has 0 amide bonds. The van der Waals surface area contributed by atoms with Crippen LogP contribution in [0.3, 0.4) is 0 Å². The van der Waals surface area contributed by atoms with Crippen molar-refractivity contribution in [2.45, 2.75) is 27.7 Å². The second-order valence-electron chi connectivity index (χ2n) is 24.4. The highest BCUT2D eigenvalue weighted by Crippen LogP contribution is 2.47. The fraction of sp³-hybridized carbons (Fsp3) is 0.0465. The SMILES string of the molecule is Cc1ccc(-c2ccc3c(c2)c2cc(-c4ccc(C)cc4C)ccc2n3-c2c(-c3ccc(-n4c5ccccc5c5ccccc54)cc3)cc(-c3cc(-c4ccccc4)nc(-c4ccccc4)n3)cc2-c2ccc(-n3c4ccccc4c4ccccc43)cc2)c(C)c1. The van der Waals surface area contributed by atoms with E-state index >= 15 is 0 Å². The Morgan fingerprint density at radius 2 is 0.593 bits per heavy atom. The van der Waals surface area contributed by atoms with Crippen molar-refractivity contribution >= 4 is 65.4 Å². The Bertz CT molecular complexity index is 5280. The number of nitrogens with zero attached hydrogens (tertiary/aromatic N) is 5. The van der Waals surface area contributed by atoms with Crippen LogP contribution in [0.25, 0.3) is 161 Å². The van der Waals surface area contributed by atoms with Gasteiger partial charge < -0.3 is 13.7 Å². The minimum atomic E-state index is 0.664. The van der Waals surface area contributed by atoms with Crippen LogP contribution in [0.4, 0.5) is 0 Å². The summed E-state index contributed by atoms with van der Waals surface area (Å²) in [6.07, 6.45) is 0. The largest absolute Gasteiger partial charge is 0.309 e. The van der Waals surface area contributed by atoms with Crippen LogP contribution in [0, 0.1) is 27.7 Å². The Kier molecular flexibility index (Phi) is 12.7. The van der Waals surface area contributed by atoms with Crippen molar-refractivity contribution < 1.29 is 0 Å². The van der Waals surface area contributed by atoms with Gasteiger partial charge in [-0.1, -0.05) is 217 Å². The lowest BCUT2D eigenvalue weighted by molar-refractivity contribution is 1.16. The summed E-state index contributed by atoms with van der Waals surface area (Å²) in [4.78, 5) is 10.8. The van der Waals surface area contributed by atoms with Crippen molar-refractivity contribution in [3.8, 4) is 95.5 Å². The molecule has 13 aromatic carbocycles. The Labute approximate surface area is 528 Å². The maximum absolute atomic E-state index is 5.55. The van der Waals surface area contributed by atoms with E-state index in [1.54, 1.807) is 0 Å². The Hall–Kier alpha value is -11.7. The molecule has 0 unspecified atom stereocenters. The number of aryl methyl sites for hydroxylation is 4. The molecule has 0 aliphatic heterocycles. The third-order valence-electron chi connectivity index (χ3n) is 18.6. The molecule has 0 saturated heterocycles. The van der Waals surface area contributed by atoms with Gasteiger partial charge in [0.25, 0.3) is 0 Å². The molecule has 0 saturated carbocycles. The van der Waals surface area contributed by atoms with E-state index in [-0.39, 0.29) is 0 Å². The average molecular weight is 1160 g/mol. The number of fused-ring (bicyclic) bond motifs is 9. The van der Waals surface area contributed by atoms with Gasteiger partial charge in [0.1, 0.15) is 0 Å². The Balaban J connectivity index is 0.980. The molecule has 5 heteroatoms. The highest BCUT2D eigenvalue weighted by molar-refractivity contribution is 6.14. The van der Waals surface area contributed by atoms with Crippen LogP contribution in [0.2, 0.25) is 0 Å². The summed E-state index contributed by atoms with van der Waals surface area (Å²) in [5.41, 5.74) is 28.9. The number of rotatable bonds is 10. The Morgan fingerprint density at radius 3 is 1.01 bits per heavy atom. The van der Waals surface area contributed by atoms with E-state index in [1.165, 1.54) is 98.9 Å². The minimum Gasteiger partial charge on any atom is -0.309 e. The van der Waals surface area contributed by atoms with Gasteiger partial charge in [0.15, 0.2) is 5.82 Å². The monoisotopic (exact) mass is 1160 g/mol. The predicted molar refractivity (Wildman–Crippen MR) is 382 cm³/mol. The smallest absolute Gasteiger partial charge is 0.160 e. The number of hydrogen-bond donors (Lipinski definition) is 0. The molecule has 430 valence electrons. The lowest BCUT2D eigenvalue weighted by atomic mass is 9.91. The summed E-state index contributed by atoms with van der Waals surface area (Å²) < 4.78 is 7.37. The standard InChI is InChI=1S/C86H61N5/c1-54-31-43-67(56(3)47-54)62-37-45-83-75(49-62)76-50-63(68-44-32-55(2)48-57(68)4)38-46-84(76)91(83)85-73(58-33-39-65(40-34-58)89-79-27-15-11-23-69(79)70-24-12-16-28-80(70)89)51-64(78-53-77(60-19-7-5-8-20-60)87-86(88-78)61-21-9-6-10-22-61)52-74(85)59-35-41-66(42-36-59)90-81-29-17-13-25-71(81)72-26-14-18-30-82(72)90/h5-53H,1-4H3. The lowest BCUT2D eigenvalue weighted by Crippen LogP contribution is -2.03. The van der Waals surface area contributed by atoms with Crippen LogP contribution in [-0.4, -0.2) is 23.7 Å². The third kappa shape index (κ3) is 9.07. The van der Waals surface area contributed by atoms with Gasteiger partial charge in [-0.3, -0.25) is 0 Å². The number of para-hydroxylation sites is 4. The summed E-state index contributed by atoms with van der Waals surface area (Å²) in [6, 6.07) is 109. The summed E-state index contributed by atoms with van der Waals surface area (Å²) in [6.45, 7) is 8.81. The summed E-state index contributed by atoms with van der Waals surface area (Å²) in [7, 11) is 0. The molecule has 0 atom stereocenters. The number of aromatic nitrogens is 5. The van der Waals surface area contributed by atoms with Gasteiger partial charge in [0.05, 0.1) is 50.2 Å². The van der Waals surface area contributed by atoms with Crippen LogP contribution < -0.4 is 0 Å². The third-order valence-corrected chi connectivity index (χ3v) is 18.6. The molecule has 17 rings (SSSR count). The second-order valence-corrected chi connectivity index (χ2v) is 24.4. The first-order valence-corrected chi connectivity index (χ1v) is 31.4. The zero-order valence-corrected chi connectivity index (χ0v) is 51.0. The summed E-state index contributed by atoms with van der Waals surface area (Å²) in [5.74, 6) is 0.664. The van der Waals surface area contributed by atoms with Gasteiger partial charge in [0.2, 0.25) is 0 Å². The topological polar surface area (TPSA) is 40.6 Å². The highest BCUT2D eigenvalue weighted by Gasteiger charge is 2.25. The van der Waals surface area contributed by atoms with E-state index in [0.29, 0.717) is 5.82 Å². The van der Waals surface area contributed by atoms with Crippen LogP contribution in [0.15, 0.2) is 297 Å². The van der Waals surface area contributed by atoms with Crippen LogP contribution >= 0.6 is 0 Å². The summed E-state index contributed by atoms with van der Waals surface area (Å²) in [5, 5.41) is 7.28. The molecule has 5 nitrogen and oxygen atoms in total. The molecular formula is C86H61N5. The van der Waals surface area contributed by atoms with Crippen molar-refractivity contribution in [1.29, 1.82) is 0 Å². The zero-order chi connectivity index (χ0) is 60.8. The maximum atomic E-state index is 5.55. The average Bonchev–Trinajstić information content (AvgIpc) is 1.64. The molecule has 4 aromatic heterocycles. The van der Waals surface area contributed by atoms with Crippen LogP contribution in [0.5, 0.6) is 0 Å². The van der Waals surface area contributed by atoms with Crippen LogP contribution in [-0.2, 0) is 0 Å². The van der Waals surface area contributed by atoms with E-state index in [4.69, 9.17) is 9.97 Å². The van der Waals surface area contributed by atoms with Gasteiger partial charge in [-0.15, -0.1) is 0 Å². The zero-order valence-electron chi connectivity index (χ0n) is 51.0. The predicted octanol–water partition coefficient (Wildman–Crippen LogP) is 22.7. The molecule has 0 aliphatic carbocycles. The van der Waals surface area contributed by atoms with Crippen LogP contribution in [0.1, 0.15) is 22.3 Å². The first-order valence-electron chi connectivity index (χ1n) is 31.4. The molecular weight excluding hydrogens is 1100 g/mol. The quantitative estimate of drug-likeness (QED) is 0.137. The van der Waals surface area contributed by atoms with Gasteiger partial charge >= 0.3 is 0 Å². The lowest BCUT2D eigenvalue weighted by Gasteiger charge is -2.22. The van der Waals surface area contributed by atoms with Crippen molar-refractivity contribution in [2.75, 3.05) is 0 Å². The molecule has 0 aliphatic rings. The molecule has 91 heavy (non-hydrogen) atoms. The first-order chi connectivity index (χ1) is 44.8. The molecule has 17 aromatic rings. The molecule has 0 radical (unpaired) electrons. The van der Waals surface area contributed by atoms with Gasteiger partial charge in [0, 0.05) is 71.5 Å². The Morgan fingerprint density at radius 1 is 0.231 bits per heavy atom. The molecule has 0 spiro atoms. The minimum absolute atomic E-state index is 0.664. The van der Waals surface area contributed by atoms with E-state index in [0.717, 1.165) is 78.4 Å². The maximum Gasteiger partial charge on any atom is 0.160 e. The fourth-order valence-corrected chi connectivity index (χ4v) is 14.4.